The molecule has 7 heteroatoms. The van der Waals surface area contributed by atoms with Gasteiger partial charge in [-0.15, -0.1) is 0 Å². The molecule has 1 saturated carbocycles. The third-order valence-corrected chi connectivity index (χ3v) is 6.33. The summed E-state index contributed by atoms with van der Waals surface area (Å²) in [4.78, 5) is 7.09. The van der Waals surface area contributed by atoms with Crippen LogP contribution in [-0.2, 0) is 13.1 Å². The number of aliphatic hydroxyl groups excluding tert-OH is 1. The average Bonchev–Trinajstić information content (AvgIpc) is 3.30. The smallest absolute Gasteiger partial charge is 0.186 e. The molecule has 2 aromatic heterocycles. The topological polar surface area (TPSA) is 54.2 Å². The predicted molar refractivity (Wildman–Crippen MR) is 100 cm³/mol. The van der Waals surface area contributed by atoms with Crippen LogP contribution < -0.4 is 4.90 Å². The number of fused-ring (bicyclic) bond motifs is 2. The van der Waals surface area contributed by atoms with Crippen molar-refractivity contribution in [3.05, 3.63) is 40.7 Å². The van der Waals surface area contributed by atoms with Crippen molar-refractivity contribution in [1.29, 1.82) is 0 Å². The highest BCUT2D eigenvalue weighted by atomic mass is 35.5. The summed E-state index contributed by atoms with van der Waals surface area (Å²) < 4.78 is 3.18. The molecule has 1 aromatic carbocycles. The summed E-state index contributed by atoms with van der Waals surface area (Å²) in [5.74, 6) is 0.407. The first-order chi connectivity index (χ1) is 12.2. The molecule has 130 valence electrons. The molecule has 25 heavy (non-hydrogen) atoms. The third-order valence-electron chi connectivity index (χ3n) is 5.01. The Morgan fingerprint density at radius 2 is 2.12 bits per heavy atom. The van der Waals surface area contributed by atoms with Crippen molar-refractivity contribution in [2.24, 2.45) is 5.92 Å². The van der Waals surface area contributed by atoms with Crippen LogP contribution in [0.4, 0.5) is 5.13 Å². The van der Waals surface area contributed by atoms with E-state index in [4.69, 9.17) is 16.6 Å². The second-order valence-corrected chi connectivity index (χ2v) is 8.40. The summed E-state index contributed by atoms with van der Waals surface area (Å²) in [6, 6.07) is 7.91. The Morgan fingerprint density at radius 1 is 1.24 bits per heavy atom. The molecule has 0 bridgehead atoms. The number of rotatable bonds is 3. The molecule has 0 spiro atoms. The van der Waals surface area contributed by atoms with Crippen LogP contribution in [0.1, 0.15) is 36.8 Å². The van der Waals surface area contributed by atoms with Gasteiger partial charge in [0.25, 0.3) is 0 Å². The molecule has 1 unspecified atom stereocenters. The van der Waals surface area contributed by atoms with Crippen LogP contribution in [-0.4, -0.2) is 26.4 Å². The fraction of sp³-hybridized carbons (Fsp3) is 0.444. The minimum Gasteiger partial charge on any atom is -0.386 e. The zero-order valence-electron chi connectivity index (χ0n) is 13.7. The van der Waals surface area contributed by atoms with Gasteiger partial charge in [-0.1, -0.05) is 22.9 Å². The first-order valence-electron chi connectivity index (χ1n) is 8.73. The molecule has 0 saturated heterocycles. The van der Waals surface area contributed by atoms with Gasteiger partial charge in [0.15, 0.2) is 5.13 Å². The van der Waals surface area contributed by atoms with Crippen LogP contribution in [0.3, 0.4) is 0 Å². The lowest BCUT2D eigenvalue weighted by molar-refractivity contribution is 0.148. The van der Waals surface area contributed by atoms with Crippen molar-refractivity contribution in [3.8, 4) is 0 Å². The van der Waals surface area contributed by atoms with Gasteiger partial charge < -0.3 is 10.0 Å². The molecule has 2 aliphatic rings. The summed E-state index contributed by atoms with van der Waals surface area (Å²) >= 11 is 7.78. The number of benzene rings is 1. The molecule has 3 aromatic rings. The number of halogens is 1. The zero-order valence-corrected chi connectivity index (χ0v) is 15.3. The Hall–Kier alpha value is -1.63. The third kappa shape index (κ3) is 2.92. The monoisotopic (exact) mass is 374 g/mol. The lowest BCUT2D eigenvalue weighted by atomic mass is 10.1. The highest BCUT2D eigenvalue weighted by Gasteiger charge is 2.33. The van der Waals surface area contributed by atoms with Gasteiger partial charge in [-0.3, -0.25) is 4.68 Å². The summed E-state index contributed by atoms with van der Waals surface area (Å²) in [6.07, 6.45) is 2.84. The van der Waals surface area contributed by atoms with Gasteiger partial charge in [-0.25, -0.2) is 4.98 Å². The summed E-state index contributed by atoms with van der Waals surface area (Å²) in [7, 11) is 0. The highest BCUT2D eigenvalue weighted by Crippen LogP contribution is 2.41. The zero-order chi connectivity index (χ0) is 17.0. The molecule has 1 atom stereocenters. The fourth-order valence-electron chi connectivity index (χ4n) is 3.47. The number of hydrogen-bond donors (Lipinski definition) is 1. The van der Waals surface area contributed by atoms with E-state index in [0.717, 1.165) is 70.7 Å². The Labute approximate surface area is 154 Å². The van der Waals surface area contributed by atoms with E-state index in [0.29, 0.717) is 5.92 Å². The van der Waals surface area contributed by atoms with Gasteiger partial charge in [0.05, 0.1) is 28.1 Å². The summed E-state index contributed by atoms with van der Waals surface area (Å²) in [6.45, 7) is 2.62. The van der Waals surface area contributed by atoms with Gasteiger partial charge in [0.2, 0.25) is 0 Å². The van der Waals surface area contributed by atoms with E-state index in [1.807, 2.05) is 18.2 Å². The van der Waals surface area contributed by atoms with Crippen molar-refractivity contribution >= 4 is 38.3 Å². The first-order valence-corrected chi connectivity index (χ1v) is 9.92. The molecule has 0 radical (unpaired) electrons. The maximum atomic E-state index is 10.4. The molecule has 1 N–H and O–H groups in total. The van der Waals surface area contributed by atoms with Crippen LogP contribution in [0.25, 0.3) is 10.2 Å². The Kier molecular flexibility index (Phi) is 3.73. The second kappa shape index (κ2) is 5.97. The lowest BCUT2D eigenvalue weighted by Gasteiger charge is -2.18. The Bertz CT molecular complexity index is 932. The largest absolute Gasteiger partial charge is 0.386 e. The number of hydrogen-bond acceptors (Lipinski definition) is 5. The fourth-order valence-corrected chi connectivity index (χ4v) is 4.73. The van der Waals surface area contributed by atoms with Crippen LogP contribution in [0, 0.1) is 5.92 Å². The maximum Gasteiger partial charge on any atom is 0.186 e. The SMILES string of the molecule is OC(c1cc2n(n1)CCCN(c1nc3ccc(Cl)cc3s1)C2)C1CC1. The second-order valence-electron chi connectivity index (χ2n) is 6.95. The number of aryl methyl sites for hydroxylation is 1. The number of aliphatic hydroxyl groups is 1. The molecular formula is C18H19ClN4OS. The van der Waals surface area contributed by atoms with Gasteiger partial charge in [0, 0.05) is 18.1 Å². The van der Waals surface area contributed by atoms with Crippen molar-refractivity contribution in [1.82, 2.24) is 14.8 Å². The molecule has 1 aliphatic heterocycles. The summed E-state index contributed by atoms with van der Waals surface area (Å²) in [5.41, 5.74) is 2.98. The van der Waals surface area contributed by atoms with Crippen molar-refractivity contribution in [2.45, 2.75) is 38.5 Å². The van der Waals surface area contributed by atoms with Crippen molar-refractivity contribution < 1.29 is 5.11 Å². The molecule has 1 aliphatic carbocycles. The molecular weight excluding hydrogens is 356 g/mol. The predicted octanol–water partition coefficient (Wildman–Crippen LogP) is 4.00. The van der Waals surface area contributed by atoms with E-state index in [2.05, 4.69) is 20.7 Å². The molecule has 3 heterocycles. The van der Waals surface area contributed by atoms with Crippen LogP contribution in [0.5, 0.6) is 0 Å². The average molecular weight is 375 g/mol. The van der Waals surface area contributed by atoms with E-state index < -0.39 is 6.10 Å². The van der Waals surface area contributed by atoms with Crippen LogP contribution in [0.2, 0.25) is 5.02 Å². The Balaban J connectivity index is 1.44. The maximum absolute atomic E-state index is 10.4. The minimum absolute atomic E-state index is 0.405. The highest BCUT2D eigenvalue weighted by molar-refractivity contribution is 7.22. The first kappa shape index (κ1) is 15.6. The van der Waals surface area contributed by atoms with Gasteiger partial charge >= 0.3 is 0 Å². The number of thiazole rings is 1. The van der Waals surface area contributed by atoms with Crippen LogP contribution in [0.15, 0.2) is 24.3 Å². The van der Waals surface area contributed by atoms with Gasteiger partial charge in [0.1, 0.15) is 6.10 Å². The van der Waals surface area contributed by atoms with E-state index in [1.54, 1.807) is 11.3 Å². The van der Waals surface area contributed by atoms with E-state index >= 15 is 0 Å². The number of nitrogens with zero attached hydrogens (tertiary/aromatic N) is 4. The summed E-state index contributed by atoms with van der Waals surface area (Å²) in [5, 5.41) is 16.8. The van der Waals surface area contributed by atoms with Crippen molar-refractivity contribution in [3.63, 3.8) is 0 Å². The quantitative estimate of drug-likeness (QED) is 0.752. The van der Waals surface area contributed by atoms with Crippen molar-refractivity contribution in [2.75, 3.05) is 11.4 Å². The number of anilines is 1. The molecule has 0 amide bonds. The Morgan fingerprint density at radius 3 is 2.96 bits per heavy atom. The van der Waals surface area contributed by atoms with Gasteiger partial charge in [-0.2, -0.15) is 5.10 Å². The van der Waals surface area contributed by atoms with Gasteiger partial charge in [-0.05, 0) is 49.4 Å². The molecule has 5 rings (SSSR count). The van der Waals surface area contributed by atoms with Crippen LogP contribution >= 0.6 is 22.9 Å². The van der Waals surface area contributed by atoms with E-state index in [-0.39, 0.29) is 0 Å². The minimum atomic E-state index is -0.405. The van der Waals surface area contributed by atoms with E-state index in [1.165, 1.54) is 0 Å². The van der Waals surface area contributed by atoms with E-state index in [9.17, 15) is 5.11 Å². The lowest BCUT2D eigenvalue weighted by Crippen LogP contribution is -2.22. The molecule has 1 fully saturated rings. The molecule has 5 nitrogen and oxygen atoms in total. The standard InChI is InChI=1S/C18H19ClN4OS/c19-12-4-5-14-16(8-12)25-18(20-14)22-6-1-7-23-13(10-22)9-15(21-23)17(24)11-2-3-11/h4-5,8-9,11,17,24H,1-3,6-7,10H2. The number of aromatic nitrogens is 3. The normalized spacial score (nSPS) is 19.0.